The van der Waals surface area contributed by atoms with Crippen molar-refractivity contribution in [2.45, 2.75) is 13.5 Å². The van der Waals surface area contributed by atoms with Crippen LogP contribution in [0.25, 0.3) is 0 Å². The average Bonchev–Trinajstić information content (AvgIpc) is 2.36. The zero-order valence-corrected chi connectivity index (χ0v) is 10.2. The topological polar surface area (TPSA) is 108 Å². The van der Waals surface area contributed by atoms with Gasteiger partial charge in [-0.05, 0) is 18.6 Å². The summed E-state index contributed by atoms with van der Waals surface area (Å²) in [5, 5.41) is 11.7. The van der Waals surface area contributed by atoms with E-state index in [0.717, 1.165) is 5.56 Å². The summed E-state index contributed by atoms with van der Waals surface area (Å²) in [5.74, 6) is -0.0793. The number of rotatable bonds is 4. The van der Waals surface area contributed by atoms with E-state index < -0.39 is 5.97 Å². The van der Waals surface area contributed by atoms with Crippen LogP contribution in [0.2, 0.25) is 0 Å². The largest absolute Gasteiger partial charge is 0.477 e. The quantitative estimate of drug-likeness (QED) is 0.749. The van der Waals surface area contributed by atoms with E-state index in [-0.39, 0.29) is 11.3 Å². The molecule has 2 heterocycles. The number of anilines is 1. The summed E-state index contributed by atoms with van der Waals surface area (Å²) < 4.78 is 0. The van der Waals surface area contributed by atoms with E-state index in [2.05, 4.69) is 20.3 Å². The first-order chi connectivity index (χ1) is 9.04. The Morgan fingerprint density at radius 3 is 2.84 bits per heavy atom. The molecule has 7 nitrogen and oxygen atoms in total. The molecule has 0 fully saturated rings. The van der Waals surface area contributed by atoms with Crippen LogP contribution in [-0.4, -0.2) is 26.0 Å². The summed E-state index contributed by atoms with van der Waals surface area (Å²) in [4.78, 5) is 32.3. The number of pyridine rings is 1. The van der Waals surface area contributed by atoms with Crippen LogP contribution >= 0.6 is 0 Å². The first kappa shape index (κ1) is 12.7. The lowest BCUT2D eigenvalue weighted by Gasteiger charge is -2.05. The summed E-state index contributed by atoms with van der Waals surface area (Å²) in [6, 6.07) is 4.44. The minimum Gasteiger partial charge on any atom is -0.477 e. The van der Waals surface area contributed by atoms with Crippen LogP contribution < -0.4 is 10.9 Å². The number of aromatic nitrogens is 3. The van der Waals surface area contributed by atoms with Gasteiger partial charge < -0.3 is 15.4 Å². The van der Waals surface area contributed by atoms with Crippen LogP contribution in [0, 0.1) is 6.92 Å². The third-order valence-electron chi connectivity index (χ3n) is 2.38. The van der Waals surface area contributed by atoms with Crippen molar-refractivity contribution in [1.82, 2.24) is 15.0 Å². The van der Waals surface area contributed by atoms with Crippen molar-refractivity contribution in [3.63, 3.8) is 0 Å². The Balaban J connectivity index is 2.06. The molecule has 0 aliphatic heterocycles. The van der Waals surface area contributed by atoms with Crippen molar-refractivity contribution in [2.75, 3.05) is 5.32 Å². The summed E-state index contributed by atoms with van der Waals surface area (Å²) in [7, 11) is 0. The van der Waals surface area contributed by atoms with Crippen molar-refractivity contribution >= 4 is 11.8 Å². The summed E-state index contributed by atoms with van der Waals surface area (Å²) in [6.07, 6.45) is 1.47. The normalized spacial score (nSPS) is 10.2. The van der Waals surface area contributed by atoms with E-state index >= 15 is 0 Å². The van der Waals surface area contributed by atoms with E-state index in [9.17, 15) is 9.59 Å². The SMILES string of the molecule is Cc1nc(NCc2ccc(C(=O)O)nc2)cc(=O)[nH]1. The second-order valence-electron chi connectivity index (χ2n) is 3.93. The van der Waals surface area contributed by atoms with Gasteiger partial charge in [0, 0.05) is 18.8 Å². The molecule has 0 radical (unpaired) electrons. The van der Waals surface area contributed by atoms with Crippen LogP contribution in [0.3, 0.4) is 0 Å². The summed E-state index contributed by atoms with van der Waals surface area (Å²) in [5.41, 5.74) is 0.563. The molecular weight excluding hydrogens is 248 g/mol. The van der Waals surface area contributed by atoms with Gasteiger partial charge in [-0.25, -0.2) is 14.8 Å². The zero-order valence-electron chi connectivity index (χ0n) is 10.2. The molecule has 2 rings (SSSR count). The first-order valence-corrected chi connectivity index (χ1v) is 5.54. The number of aromatic amines is 1. The van der Waals surface area contributed by atoms with Crippen molar-refractivity contribution in [2.24, 2.45) is 0 Å². The zero-order chi connectivity index (χ0) is 13.8. The fraction of sp³-hybridized carbons (Fsp3) is 0.167. The molecule has 98 valence electrons. The van der Waals surface area contributed by atoms with Crippen LogP contribution in [0.5, 0.6) is 0 Å². The fourth-order valence-electron chi connectivity index (χ4n) is 1.52. The molecule has 0 saturated heterocycles. The number of nitrogens with one attached hydrogen (secondary N) is 2. The Kier molecular flexibility index (Phi) is 3.56. The molecule has 0 atom stereocenters. The minimum atomic E-state index is -1.06. The van der Waals surface area contributed by atoms with Gasteiger partial charge in [0.2, 0.25) is 0 Å². The number of carboxylic acid groups (broad SMARTS) is 1. The second-order valence-corrected chi connectivity index (χ2v) is 3.93. The molecule has 0 spiro atoms. The molecule has 2 aromatic heterocycles. The number of carbonyl (C=O) groups is 1. The van der Waals surface area contributed by atoms with E-state index in [1.165, 1.54) is 18.3 Å². The Morgan fingerprint density at radius 2 is 2.26 bits per heavy atom. The van der Waals surface area contributed by atoms with E-state index in [1.54, 1.807) is 13.0 Å². The third-order valence-corrected chi connectivity index (χ3v) is 2.38. The molecule has 0 aliphatic carbocycles. The molecule has 3 N–H and O–H groups in total. The lowest BCUT2D eigenvalue weighted by atomic mass is 10.2. The molecule has 0 bridgehead atoms. The highest BCUT2D eigenvalue weighted by Gasteiger charge is 2.04. The maximum atomic E-state index is 11.2. The molecule has 0 saturated carbocycles. The maximum Gasteiger partial charge on any atom is 0.354 e. The van der Waals surface area contributed by atoms with Crippen molar-refractivity contribution < 1.29 is 9.90 Å². The minimum absolute atomic E-state index is 0.00567. The first-order valence-electron chi connectivity index (χ1n) is 5.54. The number of aryl methyl sites for hydroxylation is 1. The van der Waals surface area contributed by atoms with Crippen molar-refractivity contribution in [3.8, 4) is 0 Å². The van der Waals surface area contributed by atoms with E-state index in [0.29, 0.717) is 18.2 Å². The standard InChI is InChI=1S/C12H12N4O3/c1-7-15-10(4-11(17)16-7)14-6-8-2-3-9(12(18)19)13-5-8/h2-5H,6H2,1H3,(H,18,19)(H2,14,15,16,17). The number of hydrogen-bond acceptors (Lipinski definition) is 5. The predicted octanol–water partition coefficient (Wildman–Crippen LogP) is 0.784. The molecular formula is C12H12N4O3. The van der Waals surface area contributed by atoms with Gasteiger partial charge in [-0.1, -0.05) is 6.07 Å². The molecule has 0 amide bonds. The third kappa shape index (κ3) is 3.38. The molecule has 0 unspecified atom stereocenters. The van der Waals surface area contributed by atoms with Gasteiger partial charge in [0.25, 0.3) is 5.56 Å². The summed E-state index contributed by atoms with van der Waals surface area (Å²) >= 11 is 0. The number of H-pyrrole nitrogens is 1. The van der Waals surface area contributed by atoms with Crippen molar-refractivity contribution in [1.29, 1.82) is 0 Å². The van der Waals surface area contributed by atoms with Gasteiger partial charge in [0.1, 0.15) is 17.3 Å². The van der Waals surface area contributed by atoms with Gasteiger partial charge >= 0.3 is 5.97 Å². The van der Waals surface area contributed by atoms with Gasteiger partial charge in [-0.2, -0.15) is 0 Å². The maximum absolute atomic E-state index is 11.2. The Hall–Kier alpha value is -2.70. The average molecular weight is 260 g/mol. The Labute approximate surface area is 108 Å². The summed E-state index contributed by atoms with van der Waals surface area (Å²) in [6.45, 7) is 2.10. The van der Waals surface area contributed by atoms with Crippen LogP contribution in [0.4, 0.5) is 5.82 Å². The predicted molar refractivity (Wildman–Crippen MR) is 68.1 cm³/mol. The molecule has 0 aromatic carbocycles. The van der Waals surface area contributed by atoms with E-state index in [1.807, 2.05) is 0 Å². The second kappa shape index (κ2) is 5.30. The lowest BCUT2D eigenvalue weighted by Crippen LogP contribution is -2.12. The van der Waals surface area contributed by atoms with Crippen LogP contribution in [0.15, 0.2) is 29.2 Å². The highest BCUT2D eigenvalue weighted by atomic mass is 16.4. The Bertz CT molecular complexity index is 649. The van der Waals surface area contributed by atoms with Crippen LogP contribution in [-0.2, 0) is 6.54 Å². The highest BCUT2D eigenvalue weighted by Crippen LogP contribution is 2.04. The molecule has 19 heavy (non-hydrogen) atoms. The molecule has 7 heteroatoms. The number of carboxylic acids is 1. The number of aromatic carboxylic acids is 1. The highest BCUT2D eigenvalue weighted by molar-refractivity contribution is 5.85. The van der Waals surface area contributed by atoms with Gasteiger partial charge in [0.05, 0.1) is 0 Å². The van der Waals surface area contributed by atoms with Crippen LogP contribution in [0.1, 0.15) is 21.9 Å². The van der Waals surface area contributed by atoms with Crippen molar-refractivity contribution in [3.05, 3.63) is 51.8 Å². The molecule has 0 aliphatic rings. The van der Waals surface area contributed by atoms with Gasteiger partial charge in [0.15, 0.2) is 0 Å². The fourth-order valence-corrected chi connectivity index (χ4v) is 1.52. The smallest absolute Gasteiger partial charge is 0.354 e. The monoisotopic (exact) mass is 260 g/mol. The Morgan fingerprint density at radius 1 is 1.47 bits per heavy atom. The van der Waals surface area contributed by atoms with E-state index in [4.69, 9.17) is 5.11 Å². The number of nitrogens with zero attached hydrogens (tertiary/aromatic N) is 2. The van der Waals surface area contributed by atoms with Gasteiger partial charge in [-0.15, -0.1) is 0 Å². The lowest BCUT2D eigenvalue weighted by molar-refractivity contribution is 0.0690. The van der Waals surface area contributed by atoms with Gasteiger partial charge in [-0.3, -0.25) is 4.79 Å². The molecule has 2 aromatic rings. The number of hydrogen-bond donors (Lipinski definition) is 3.